The predicted molar refractivity (Wildman–Crippen MR) is 110 cm³/mol. The Morgan fingerprint density at radius 1 is 1.23 bits per heavy atom. The number of carbonyl (C=O) groups excluding carboxylic acids is 1. The van der Waals surface area contributed by atoms with Gasteiger partial charge in [0.15, 0.2) is 5.82 Å². The summed E-state index contributed by atoms with van der Waals surface area (Å²) in [5.41, 5.74) is 2.53. The van der Waals surface area contributed by atoms with Crippen molar-refractivity contribution in [2.24, 2.45) is 5.92 Å². The van der Waals surface area contributed by atoms with Crippen molar-refractivity contribution in [2.75, 3.05) is 11.9 Å². The molecule has 3 aromatic rings. The first-order chi connectivity index (χ1) is 14.8. The Kier molecular flexibility index (Phi) is 5.60. The summed E-state index contributed by atoms with van der Waals surface area (Å²) in [7, 11) is 0. The van der Waals surface area contributed by atoms with Crippen LogP contribution < -0.4 is 10.6 Å². The number of nitriles is 1. The van der Waals surface area contributed by atoms with Crippen LogP contribution >= 0.6 is 11.6 Å². The first-order valence-corrected chi connectivity index (χ1v) is 9.93. The second-order valence-electron chi connectivity index (χ2n) is 7.40. The van der Waals surface area contributed by atoms with Gasteiger partial charge in [-0.1, -0.05) is 17.7 Å². The molecule has 1 saturated heterocycles. The number of nitrogens with zero attached hydrogens (tertiary/aromatic N) is 2. The molecule has 3 N–H and O–H groups in total. The van der Waals surface area contributed by atoms with Crippen molar-refractivity contribution in [1.29, 1.82) is 5.26 Å². The van der Waals surface area contributed by atoms with E-state index in [2.05, 4.69) is 26.9 Å². The summed E-state index contributed by atoms with van der Waals surface area (Å²) in [4.78, 5) is 12.6. The number of fused-ring (bicyclic) bond motifs is 1. The molecule has 1 amide bonds. The number of anilines is 1. The van der Waals surface area contributed by atoms with Gasteiger partial charge >= 0.3 is 6.18 Å². The molecule has 2 aromatic carbocycles. The smallest absolute Gasteiger partial charge is 0.308 e. The van der Waals surface area contributed by atoms with Gasteiger partial charge in [-0.15, -0.1) is 0 Å². The number of piperidine rings is 1. The molecule has 1 aromatic heterocycles. The van der Waals surface area contributed by atoms with Crippen LogP contribution in [0.4, 0.5) is 19.0 Å². The number of aromatic amines is 1. The third-order valence-electron chi connectivity index (χ3n) is 5.39. The number of carbonyl (C=O) groups is 1. The van der Waals surface area contributed by atoms with Crippen LogP contribution in [0.5, 0.6) is 0 Å². The zero-order valence-electron chi connectivity index (χ0n) is 16.1. The van der Waals surface area contributed by atoms with Crippen LogP contribution in [-0.2, 0) is 4.79 Å². The first-order valence-electron chi connectivity index (χ1n) is 9.55. The minimum Gasteiger partial charge on any atom is -0.308 e. The van der Waals surface area contributed by atoms with E-state index in [0.717, 1.165) is 5.56 Å². The minimum absolute atomic E-state index is 0.0554. The molecular weight excluding hydrogens is 431 g/mol. The minimum atomic E-state index is -4.32. The van der Waals surface area contributed by atoms with Crippen molar-refractivity contribution in [1.82, 2.24) is 15.5 Å². The van der Waals surface area contributed by atoms with Gasteiger partial charge in [-0.3, -0.25) is 9.89 Å². The summed E-state index contributed by atoms with van der Waals surface area (Å²) in [6, 6.07) is 10.8. The number of H-pyrrole nitrogens is 1. The fourth-order valence-electron chi connectivity index (χ4n) is 3.67. The fourth-order valence-corrected chi connectivity index (χ4v) is 3.90. The van der Waals surface area contributed by atoms with E-state index in [0.29, 0.717) is 27.1 Å². The maximum Gasteiger partial charge on any atom is 0.403 e. The van der Waals surface area contributed by atoms with Crippen molar-refractivity contribution >= 4 is 34.2 Å². The molecule has 0 radical (unpaired) electrons. The lowest BCUT2D eigenvalue weighted by Crippen LogP contribution is -2.50. The summed E-state index contributed by atoms with van der Waals surface area (Å²) in [6.45, 7) is -0.0554. The van der Waals surface area contributed by atoms with Gasteiger partial charge in [0.25, 0.3) is 0 Å². The highest BCUT2D eigenvalue weighted by molar-refractivity contribution is 6.33. The van der Waals surface area contributed by atoms with E-state index in [1.807, 2.05) is 6.07 Å². The molecular formula is C21H17ClF3N5O. The summed E-state index contributed by atoms with van der Waals surface area (Å²) in [6.07, 6.45) is -4.34. The Labute approximate surface area is 180 Å². The Balaban J connectivity index is 1.55. The number of alkyl halides is 3. The highest BCUT2D eigenvalue weighted by Gasteiger charge is 2.42. The lowest BCUT2D eigenvalue weighted by Gasteiger charge is -2.30. The van der Waals surface area contributed by atoms with Gasteiger partial charge in [-0.25, -0.2) is 0 Å². The quantitative estimate of drug-likeness (QED) is 0.546. The average Bonchev–Trinajstić information content (AvgIpc) is 3.15. The van der Waals surface area contributed by atoms with Crippen LogP contribution in [0, 0.1) is 17.2 Å². The first kappa shape index (κ1) is 21.2. The van der Waals surface area contributed by atoms with E-state index in [9.17, 15) is 18.0 Å². The second kappa shape index (κ2) is 8.21. The summed E-state index contributed by atoms with van der Waals surface area (Å²) >= 11 is 6.29. The molecule has 2 heterocycles. The number of aromatic nitrogens is 2. The number of hydrogen-bond acceptors (Lipinski definition) is 4. The van der Waals surface area contributed by atoms with Crippen LogP contribution in [0.15, 0.2) is 36.4 Å². The molecule has 6 nitrogen and oxygen atoms in total. The van der Waals surface area contributed by atoms with Crippen molar-refractivity contribution < 1.29 is 18.0 Å². The molecule has 4 rings (SSSR count). The van der Waals surface area contributed by atoms with Crippen LogP contribution in [0.3, 0.4) is 0 Å². The zero-order chi connectivity index (χ0) is 22.2. The molecule has 2 atom stereocenters. The number of benzene rings is 2. The van der Waals surface area contributed by atoms with Gasteiger partial charge in [0.2, 0.25) is 5.91 Å². The highest BCUT2D eigenvalue weighted by atomic mass is 35.5. The molecule has 160 valence electrons. The third kappa shape index (κ3) is 4.36. The van der Waals surface area contributed by atoms with Crippen molar-refractivity contribution in [3.05, 3.63) is 47.0 Å². The van der Waals surface area contributed by atoms with E-state index in [1.54, 1.807) is 30.3 Å². The number of rotatable bonds is 3. The van der Waals surface area contributed by atoms with E-state index < -0.39 is 24.0 Å². The van der Waals surface area contributed by atoms with E-state index >= 15 is 0 Å². The maximum absolute atomic E-state index is 12.8. The van der Waals surface area contributed by atoms with E-state index in [4.69, 9.17) is 16.9 Å². The molecule has 31 heavy (non-hydrogen) atoms. The molecule has 1 fully saturated rings. The van der Waals surface area contributed by atoms with Crippen molar-refractivity contribution in [3.8, 4) is 17.2 Å². The van der Waals surface area contributed by atoms with Gasteiger partial charge in [0, 0.05) is 22.5 Å². The average molecular weight is 448 g/mol. The Bertz CT molecular complexity index is 1180. The number of halogens is 4. The SMILES string of the molecule is N#Cc1ccc(Cl)c(-c2ccc3[nH]nc(NC(=O)[C@@H]4CC[C@@H](C(F)(F)F)NC4)c3c2)c1. The van der Waals surface area contributed by atoms with Gasteiger partial charge in [-0.2, -0.15) is 23.5 Å². The molecule has 0 aliphatic carbocycles. The second-order valence-corrected chi connectivity index (χ2v) is 7.81. The van der Waals surface area contributed by atoms with Crippen LogP contribution in [0.25, 0.3) is 22.0 Å². The maximum atomic E-state index is 12.8. The van der Waals surface area contributed by atoms with Crippen molar-refractivity contribution in [3.63, 3.8) is 0 Å². The predicted octanol–water partition coefficient (Wildman–Crippen LogP) is 4.62. The summed E-state index contributed by atoms with van der Waals surface area (Å²) in [5, 5.41) is 22.3. The molecule has 0 unspecified atom stereocenters. The molecule has 1 aliphatic heterocycles. The number of amides is 1. The van der Waals surface area contributed by atoms with Crippen LogP contribution in [0.2, 0.25) is 5.02 Å². The summed E-state index contributed by atoms with van der Waals surface area (Å²) < 4.78 is 38.4. The molecule has 1 aliphatic rings. The van der Waals surface area contributed by atoms with Gasteiger partial charge < -0.3 is 10.6 Å². The lowest BCUT2D eigenvalue weighted by molar-refractivity contribution is -0.163. The normalized spacial score (nSPS) is 19.2. The fraction of sp³-hybridized carbons (Fsp3) is 0.286. The molecule has 0 saturated carbocycles. The Morgan fingerprint density at radius 2 is 2.03 bits per heavy atom. The van der Waals surface area contributed by atoms with Crippen molar-refractivity contribution in [2.45, 2.75) is 25.1 Å². The van der Waals surface area contributed by atoms with Gasteiger partial charge in [-0.05, 0) is 48.7 Å². The largest absolute Gasteiger partial charge is 0.403 e. The van der Waals surface area contributed by atoms with Crippen LogP contribution in [-0.4, -0.2) is 34.9 Å². The molecule has 0 spiro atoms. The Morgan fingerprint density at radius 3 is 2.71 bits per heavy atom. The number of hydrogen-bond donors (Lipinski definition) is 3. The lowest BCUT2D eigenvalue weighted by atomic mass is 9.93. The van der Waals surface area contributed by atoms with Gasteiger partial charge in [0.05, 0.1) is 23.1 Å². The summed E-state index contributed by atoms with van der Waals surface area (Å²) in [5.74, 6) is -0.695. The zero-order valence-corrected chi connectivity index (χ0v) is 16.8. The third-order valence-corrected chi connectivity index (χ3v) is 5.72. The monoisotopic (exact) mass is 447 g/mol. The van der Waals surface area contributed by atoms with E-state index in [-0.39, 0.29) is 25.2 Å². The topological polar surface area (TPSA) is 93.6 Å². The van der Waals surface area contributed by atoms with E-state index in [1.165, 1.54) is 0 Å². The number of nitrogens with one attached hydrogen (secondary N) is 3. The molecule has 0 bridgehead atoms. The standard InChI is InChI=1S/C21H17ClF3N5O/c22-16-4-1-11(9-26)7-14(16)12-2-5-17-15(8-12)19(30-29-17)28-20(31)13-3-6-18(27-10-13)21(23,24)25/h1-2,4-5,7-8,13,18,27H,3,6,10H2,(H2,28,29,30,31)/t13-,18+/m1/s1. The van der Waals surface area contributed by atoms with Crippen LogP contribution in [0.1, 0.15) is 18.4 Å². The Hall–Kier alpha value is -3.09. The highest BCUT2D eigenvalue weighted by Crippen LogP contribution is 2.33. The van der Waals surface area contributed by atoms with Gasteiger partial charge in [0.1, 0.15) is 6.04 Å². The molecule has 10 heteroatoms.